The molecule has 2 aromatic rings. The van der Waals surface area contributed by atoms with E-state index in [1.54, 1.807) is 12.3 Å². The zero-order chi connectivity index (χ0) is 13.2. The lowest BCUT2D eigenvalue weighted by Crippen LogP contribution is -2.31. The zero-order valence-electron chi connectivity index (χ0n) is 10.4. The largest absolute Gasteiger partial charge is 0.478 e. The van der Waals surface area contributed by atoms with Crippen LogP contribution in [-0.4, -0.2) is 22.6 Å². The number of rotatable bonds is 2. The van der Waals surface area contributed by atoms with Gasteiger partial charge in [-0.25, -0.2) is 4.79 Å². The molecule has 1 aromatic carbocycles. The summed E-state index contributed by atoms with van der Waals surface area (Å²) in [6.45, 7) is 1.56. The van der Waals surface area contributed by atoms with E-state index in [0.717, 1.165) is 19.5 Å². The van der Waals surface area contributed by atoms with Crippen LogP contribution in [-0.2, 0) is 13.0 Å². The van der Waals surface area contributed by atoms with Gasteiger partial charge < -0.3 is 10.0 Å². The normalized spacial score (nSPS) is 14.0. The van der Waals surface area contributed by atoms with Crippen molar-refractivity contribution >= 4 is 11.7 Å². The van der Waals surface area contributed by atoms with Crippen molar-refractivity contribution in [3.63, 3.8) is 0 Å². The second-order valence-electron chi connectivity index (χ2n) is 4.64. The predicted molar refractivity (Wildman–Crippen MR) is 72.4 cm³/mol. The molecule has 19 heavy (non-hydrogen) atoms. The number of benzene rings is 1. The molecule has 1 aliphatic heterocycles. The number of anilines is 1. The van der Waals surface area contributed by atoms with E-state index >= 15 is 0 Å². The summed E-state index contributed by atoms with van der Waals surface area (Å²) in [5.41, 5.74) is 3.62. The summed E-state index contributed by atoms with van der Waals surface area (Å²) in [5, 5.41) is 9.24. The van der Waals surface area contributed by atoms with Gasteiger partial charge in [-0.05, 0) is 23.6 Å². The van der Waals surface area contributed by atoms with Gasteiger partial charge in [-0.1, -0.05) is 24.3 Å². The van der Waals surface area contributed by atoms with Gasteiger partial charge in [0.05, 0.1) is 17.4 Å². The van der Waals surface area contributed by atoms with Crippen LogP contribution < -0.4 is 4.90 Å². The molecule has 0 saturated heterocycles. The van der Waals surface area contributed by atoms with Crippen molar-refractivity contribution in [2.24, 2.45) is 0 Å². The SMILES string of the molecule is O=C(O)c1ccncc1N1CCc2ccccc2C1. The van der Waals surface area contributed by atoms with Gasteiger partial charge in [0.25, 0.3) is 0 Å². The molecule has 0 fully saturated rings. The maximum Gasteiger partial charge on any atom is 0.337 e. The Balaban J connectivity index is 1.95. The van der Waals surface area contributed by atoms with Crippen molar-refractivity contribution < 1.29 is 9.90 Å². The number of nitrogens with zero attached hydrogens (tertiary/aromatic N) is 2. The number of carboxylic acids is 1. The highest BCUT2D eigenvalue weighted by atomic mass is 16.4. The van der Waals surface area contributed by atoms with Gasteiger partial charge >= 0.3 is 5.97 Å². The smallest absolute Gasteiger partial charge is 0.337 e. The summed E-state index contributed by atoms with van der Waals surface area (Å²) in [5.74, 6) is -0.906. The van der Waals surface area contributed by atoms with Gasteiger partial charge in [0.1, 0.15) is 0 Å². The van der Waals surface area contributed by atoms with Crippen LogP contribution in [0.5, 0.6) is 0 Å². The highest BCUT2D eigenvalue weighted by Crippen LogP contribution is 2.26. The van der Waals surface area contributed by atoms with Crippen LogP contribution in [0.15, 0.2) is 42.7 Å². The van der Waals surface area contributed by atoms with E-state index in [2.05, 4.69) is 22.0 Å². The zero-order valence-corrected chi connectivity index (χ0v) is 10.4. The maximum absolute atomic E-state index is 11.3. The van der Waals surface area contributed by atoms with Crippen LogP contribution in [0.1, 0.15) is 21.5 Å². The molecule has 0 radical (unpaired) electrons. The van der Waals surface area contributed by atoms with Crippen molar-refractivity contribution in [1.82, 2.24) is 4.98 Å². The Labute approximate surface area is 111 Å². The monoisotopic (exact) mass is 254 g/mol. The molecular weight excluding hydrogens is 240 g/mol. The lowest BCUT2D eigenvalue weighted by molar-refractivity contribution is 0.0697. The number of aromatic nitrogens is 1. The topological polar surface area (TPSA) is 53.4 Å². The fourth-order valence-corrected chi connectivity index (χ4v) is 2.52. The first-order valence-electron chi connectivity index (χ1n) is 6.25. The Morgan fingerprint density at radius 3 is 2.79 bits per heavy atom. The average molecular weight is 254 g/mol. The van der Waals surface area contributed by atoms with Gasteiger partial charge in [0.15, 0.2) is 0 Å². The van der Waals surface area contributed by atoms with E-state index in [1.165, 1.54) is 17.3 Å². The Kier molecular flexibility index (Phi) is 2.91. The number of hydrogen-bond acceptors (Lipinski definition) is 3. The highest BCUT2D eigenvalue weighted by Gasteiger charge is 2.20. The van der Waals surface area contributed by atoms with Gasteiger partial charge in [0, 0.05) is 19.3 Å². The van der Waals surface area contributed by atoms with Crippen molar-refractivity contribution in [1.29, 1.82) is 0 Å². The highest BCUT2D eigenvalue weighted by molar-refractivity contribution is 5.94. The Bertz CT molecular complexity index is 625. The third kappa shape index (κ3) is 2.17. The molecule has 0 atom stereocenters. The molecule has 0 amide bonds. The molecule has 0 saturated carbocycles. The van der Waals surface area contributed by atoms with Crippen LogP contribution in [0.4, 0.5) is 5.69 Å². The maximum atomic E-state index is 11.3. The van der Waals surface area contributed by atoms with Crippen molar-refractivity contribution in [3.05, 3.63) is 59.4 Å². The number of hydrogen-bond donors (Lipinski definition) is 1. The summed E-state index contributed by atoms with van der Waals surface area (Å²) in [4.78, 5) is 17.4. The lowest BCUT2D eigenvalue weighted by Gasteiger charge is -2.31. The molecule has 0 aliphatic carbocycles. The molecule has 0 unspecified atom stereocenters. The Morgan fingerprint density at radius 1 is 1.21 bits per heavy atom. The summed E-state index contributed by atoms with van der Waals surface area (Å²) < 4.78 is 0. The van der Waals surface area contributed by atoms with E-state index in [0.29, 0.717) is 11.3 Å². The van der Waals surface area contributed by atoms with Crippen LogP contribution in [0.2, 0.25) is 0 Å². The van der Waals surface area contributed by atoms with Gasteiger partial charge in [0.2, 0.25) is 0 Å². The third-order valence-corrected chi connectivity index (χ3v) is 3.50. The summed E-state index contributed by atoms with van der Waals surface area (Å²) >= 11 is 0. The van der Waals surface area contributed by atoms with Crippen LogP contribution in [0.3, 0.4) is 0 Å². The van der Waals surface area contributed by atoms with Crippen LogP contribution in [0, 0.1) is 0 Å². The summed E-state index contributed by atoms with van der Waals surface area (Å²) in [6, 6.07) is 9.84. The van der Waals surface area contributed by atoms with Gasteiger partial charge in [-0.2, -0.15) is 0 Å². The molecule has 0 bridgehead atoms. The summed E-state index contributed by atoms with van der Waals surface area (Å²) in [7, 11) is 0. The Morgan fingerprint density at radius 2 is 2.00 bits per heavy atom. The Hall–Kier alpha value is -2.36. The number of aromatic carboxylic acids is 1. The lowest BCUT2D eigenvalue weighted by atomic mass is 9.99. The number of carbonyl (C=O) groups is 1. The number of carboxylic acid groups (broad SMARTS) is 1. The quantitative estimate of drug-likeness (QED) is 0.893. The third-order valence-electron chi connectivity index (χ3n) is 3.50. The molecule has 96 valence electrons. The minimum absolute atomic E-state index is 0.314. The first-order chi connectivity index (χ1) is 9.25. The number of pyridine rings is 1. The molecule has 4 nitrogen and oxygen atoms in total. The van der Waals surface area contributed by atoms with E-state index in [4.69, 9.17) is 0 Å². The molecule has 1 aromatic heterocycles. The van der Waals surface area contributed by atoms with Crippen molar-refractivity contribution in [2.75, 3.05) is 11.4 Å². The van der Waals surface area contributed by atoms with Crippen LogP contribution in [0.25, 0.3) is 0 Å². The number of fused-ring (bicyclic) bond motifs is 1. The van der Waals surface area contributed by atoms with E-state index in [9.17, 15) is 9.90 Å². The summed E-state index contributed by atoms with van der Waals surface area (Å²) in [6.07, 6.45) is 4.09. The van der Waals surface area contributed by atoms with E-state index in [1.807, 2.05) is 12.1 Å². The average Bonchev–Trinajstić information content (AvgIpc) is 2.46. The van der Waals surface area contributed by atoms with Crippen molar-refractivity contribution in [3.8, 4) is 0 Å². The predicted octanol–water partition coefficient (Wildman–Crippen LogP) is 2.34. The van der Waals surface area contributed by atoms with Crippen molar-refractivity contribution in [2.45, 2.75) is 13.0 Å². The molecular formula is C15H14N2O2. The fourth-order valence-electron chi connectivity index (χ4n) is 2.52. The molecule has 1 aliphatic rings. The second kappa shape index (κ2) is 4.72. The molecule has 1 N–H and O–H groups in total. The minimum Gasteiger partial charge on any atom is -0.478 e. The molecule has 0 spiro atoms. The molecule has 4 heteroatoms. The second-order valence-corrected chi connectivity index (χ2v) is 4.64. The molecule has 2 heterocycles. The standard InChI is InChI=1S/C15H14N2O2/c18-15(19)13-5-7-16-9-14(13)17-8-6-11-3-1-2-4-12(11)10-17/h1-5,7,9H,6,8,10H2,(H,18,19). The van der Waals surface area contributed by atoms with E-state index in [-0.39, 0.29) is 0 Å². The molecule has 3 rings (SSSR count). The fraction of sp³-hybridized carbons (Fsp3) is 0.200. The van der Waals surface area contributed by atoms with Crippen LogP contribution >= 0.6 is 0 Å². The van der Waals surface area contributed by atoms with Gasteiger partial charge in [-0.3, -0.25) is 4.98 Å². The first-order valence-corrected chi connectivity index (χ1v) is 6.25. The van der Waals surface area contributed by atoms with E-state index < -0.39 is 5.97 Å². The minimum atomic E-state index is -0.906. The van der Waals surface area contributed by atoms with Gasteiger partial charge in [-0.15, -0.1) is 0 Å². The first kappa shape index (κ1) is 11.7.